The molecular weight excluding hydrogens is 264 g/mol. The molecule has 1 aromatic rings. The molecule has 102 valence electrons. The summed E-state index contributed by atoms with van der Waals surface area (Å²) in [5.41, 5.74) is 6.07. The van der Waals surface area contributed by atoms with Gasteiger partial charge in [-0.15, -0.1) is 0 Å². The lowest BCUT2D eigenvalue weighted by atomic mass is 10.1. The quantitative estimate of drug-likeness (QED) is 0.861. The second-order valence-corrected chi connectivity index (χ2v) is 6.38. The molecule has 0 fully saturated rings. The first-order valence-corrected chi connectivity index (χ1v) is 7.53. The molecule has 1 heterocycles. The topological polar surface area (TPSA) is 89.3 Å². The van der Waals surface area contributed by atoms with Crippen LogP contribution in [0.15, 0.2) is 34.1 Å². The van der Waals surface area contributed by atoms with E-state index in [0.29, 0.717) is 11.3 Å². The summed E-state index contributed by atoms with van der Waals surface area (Å²) < 4.78 is 24.6. The summed E-state index contributed by atoms with van der Waals surface area (Å²) in [4.78, 5) is 11.3. The Morgan fingerprint density at radius 1 is 1.37 bits per heavy atom. The molecule has 1 atom stereocenters. The highest BCUT2D eigenvalue weighted by molar-refractivity contribution is 7.97. The van der Waals surface area contributed by atoms with Gasteiger partial charge in [-0.05, 0) is 19.4 Å². The van der Waals surface area contributed by atoms with E-state index in [1.165, 1.54) is 6.07 Å². The van der Waals surface area contributed by atoms with Crippen LogP contribution in [-0.2, 0) is 14.6 Å². The van der Waals surface area contributed by atoms with Crippen molar-refractivity contribution in [3.8, 4) is 0 Å². The van der Waals surface area contributed by atoms with Gasteiger partial charge in [0.25, 0.3) is 5.91 Å². The molecule has 0 radical (unpaired) electrons. The maximum Gasteiger partial charge on any atom is 0.262 e. The first-order valence-electron chi connectivity index (χ1n) is 6.04. The zero-order valence-corrected chi connectivity index (χ0v) is 11.6. The molecule has 0 aromatic heterocycles. The van der Waals surface area contributed by atoms with Crippen molar-refractivity contribution >= 4 is 21.4 Å². The highest BCUT2D eigenvalue weighted by Crippen LogP contribution is 2.37. The average Bonchev–Trinajstić information content (AvgIpc) is 2.58. The van der Waals surface area contributed by atoms with Crippen molar-refractivity contribution in [2.24, 2.45) is 5.73 Å². The number of fused-ring (bicyclic) bond motifs is 1. The summed E-state index contributed by atoms with van der Waals surface area (Å²) >= 11 is 0. The molecular formula is C13H16N2O3S. The maximum absolute atomic E-state index is 12.3. The molecule has 1 amide bonds. The number of nitrogens with two attached hydrogens (primary N) is 1. The smallest absolute Gasteiger partial charge is 0.262 e. The van der Waals surface area contributed by atoms with Gasteiger partial charge in [0.2, 0.25) is 9.84 Å². The summed E-state index contributed by atoms with van der Waals surface area (Å²) in [6, 6.07) is 6.57. The Hall–Kier alpha value is -1.82. The van der Waals surface area contributed by atoms with E-state index in [1.54, 1.807) is 18.2 Å². The Bertz CT molecular complexity index is 662. The molecule has 5 nitrogen and oxygen atoms in total. The molecule has 1 unspecified atom stereocenters. The number of amides is 1. The van der Waals surface area contributed by atoms with E-state index < -0.39 is 15.7 Å². The van der Waals surface area contributed by atoms with Gasteiger partial charge in [0.05, 0.1) is 10.6 Å². The number of hydrogen-bond acceptors (Lipinski definition) is 4. The Kier molecular flexibility index (Phi) is 3.36. The minimum atomic E-state index is -3.81. The van der Waals surface area contributed by atoms with E-state index in [0.717, 1.165) is 6.42 Å². The minimum Gasteiger partial charge on any atom is -0.381 e. The fourth-order valence-corrected chi connectivity index (χ4v) is 3.66. The number of sulfone groups is 1. The second-order valence-electron chi connectivity index (χ2n) is 4.52. The lowest BCUT2D eigenvalue weighted by molar-refractivity contribution is -0.113. The first-order chi connectivity index (χ1) is 8.89. The molecule has 19 heavy (non-hydrogen) atoms. The number of carbonyl (C=O) groups is 1. The number of nitrogens with one attached hydrogen (secondary N) is 1. The summed E-state index contributed by atoms with van der Waals surface area (Å²) in [6.07, 6.45) is 0.803. The molecule has 1 aliphatic rings. The van der Waals surface area contributed by atoms with Crippen LogP contribution in [0.1, 0.15) is 25.8 Å². The van der Waals surface area contributed by atoms with Crippen LogP contribution in [0.2, 0.25) is 0 Å². The number of primary amides is 1. The maximum atomic E-state index is 12.3. The van der Waals surface area contributed by atoms with Crippen molar-refractivity contribution in [3.05, 3.63) is 34.7 Å². The van der Waals surface area contributed by atoms with Gasteiger partial charge in [0, 0.05) is 11.6 Å². The normalized spacial score (nSPS) is 18.0. The fraction of sp³-hybridized carbons (Fsp3) is 0.308. The van der Waals surface area contributed by atoms with Crippen LogP contribution in [0, 0.1) is 0 Å². The Morgan fingerprint density at radius 2 is 2.00 bits per heavy atom. The number of rotatable bonds is 4. The SMILES string of the molecule is CCC(C)NC1=C(C(N)=O)S(=O)(=O)c2ccccc21. The number of hydrogen-bond donors (Lipinski definition) is 2. The predicted molar refractivity (Wildman–Crippen MR) is 72.6 cm³/mol. The Balaban J connectivity index is 2.68. The molecule has 3 N–H and O–H groups in total. The summed E-state index contributed by atoms with van der Waals surface area (Å²) in [5.74, 6) is -0.929. The van der Waals surface area contributed by atoms with Gasteiger partial charge in [-0.2, -0.15) is 0 Å². The van der Waals surface area contributed by atoms with Crippen molar-refractivity contribution in [3.63, 3.8) is 0 Å². The van der Waals surface area contributed by atoms with E-state index in [9.17, 15) is 13.2 Å². The van der Waals surface area contributed by atoms with Gasteiger partial charge in [0.1, 0.15) is 0 Å². The van der Waals surface area contributed by atoms with E-state index in [2.05, 4.69) is 5.32 Å². The van der Waals surface area contributed by atoms with Crippen LogP contribution in [-0.4, -0.2) is 20.4 Å². The first kappa shape index (κ1) is 13.6. The van der Waals surface area contributed by atoms with Crippen LogP contribution in [0.25, 0.3) is 5.70 Å². The second kappa shape index (κ2) is 4.70. The minimum absolute atomic E-state index is 0.0470. The van der Waals surface area contributed by atoms with Crippen molar-refractivity contribution < 1.29 is 13.2 Å². The van der Waals surface area contributed by atoms with Crippen molar-refractivity contribution in [2.45, 2.75) is 31.2 Å². The molecule has 0 saturated heterocycles. The predicted octanol–water partition coefficient (Wildman–Crippen LogP) is 1.02. The molecule has 0 saturated carbocycles. The summed E-state index contributed by atoms with van der Waals surface area (Å²) in [6.45, 7) is 3.89. The van der Waals surface area contributed by atoms with Crippen LogP contribution < -0.4 is 11.1 Å². The van der Waals surface area contributed by atoms with Gasteiger partial charge in [0.15, 0.2) is 4.91 Å². The van der Waals surface area contributed by atoms with Crippen LogP contribution in [0.4, 0.5) is 0 Å². The van der Waals surface area contributed by atoms with E-state index >= 15 is 0 Å². The number of carbonyl (C=O) groups excluding carboxylic acids is 1. The van der Waals surface area contributed by atoms with Gasteiger partial charge < -0.3 is 11.1 Å². The molecule has 0 aliphatic carbocycles. The standard InChI is InChI=1S/C13H16N2O3S/c1-3-8(2)15-11-9-6-4-5-7-10(9)19(17,18)12(11)13(14)16/h4-8,15H,3H2,1-2H3,(H2,14,16). The van der Waals surface area contributed by atoms with Crippen molar-refractivity contribution in [1.82, 2.24) is 5.32 Å². The average molecular weight is 280 g/mol. The zero-order valence-electron chi connectivity index (χ0n) is 10.8. The molecule has 0 spiro atoms. The molecule has 6 heteroatoms. The van der Waals surface area contributed by atoms with Crippen LogP contribution >= 0.6 is 0 Å². The third kappa shape index (κ3) is 2.12. The van der Waals surface area contributed by atoms with Crippen LogP contribution in [0.5, 0.6) is 0 Å². The molecule has 0 bridgehead atoms. The van der Waals surface area contributed by atoms with Gasteiger partial charge >= 0.3 is 0 Å². The van der Waals surface area contributed by atoms with Crippen LogP contribution in [0.3, 0.4) is 0 Å². The highest BCUT2D eigenvalue weighted by Gasteiger charge is 2.38. The fourth-order valence-electron chi connectivity index (χ4n) is 2.02. The summed E-state index contributed by atoms with van der Waals surface area (Å²) in [7, 11) is -3.81. The monoisotopic (exact) mass is 280 g/mol. The van der Waals surface area contributed by atoms with Gasteiger partial charge in [-0.3, -0.25) is 4.79 Å². The highest BCUT2D eigenvalue weighted by atomic mass is 32.2. The third-order valence-corrected chi connectivity index (χ3v) is 5.05. The summed E-state index contributed by atoms with van der Waals surface area (Å²) in [5, 5.41) is 3.07. The Labute approximate surface area is 112 Å². The van der Waals surface area contributed by atoms with Gasteiger partial charge in [-0.25, -0.2) is 8.42 Å². The van der Waals surface area contributed by atoms with Gasteiger partial charge in [-0.1, -0.05) is 25.1 Å². The molecule has 2 rings (SSSR count). The zero-order chi connectivity index (χ0) is 14.2. The third-order valence-electron chi connectivity index (χ3n) is 3.17. The van der Waals surface area contributed by atoms with E-state index in [1.807, 2.05) is 13.8 Å². The van der Waals surface area contributed by atoms with Crippen molar-refractivity contribution in [1.29, 1.82) is 0 Å². The lowest BCUT2D eigenvalue weighted by Crippen LogP contribution is -2.27. The number of benzene rings is 1. The molecule has 1 aromatic carbocycles. The Morgan fingerprint density at radius 3 is 2.58 bits per heavy atom. The van der Waals surface area contributed by atoms with Crippen molar-refractivity contribution in [2.75, 3.05) is 0 Å². The van der Waals surface area contributed by atoms with E-state index in [-0.39, 0.29) is 15.8 Å². The van der Waals surface area contributed by atoms with E-state index in [4.69, 9.17) is 5.73 Å². The largest absolute Gasteiger partial charge is 0.381 e. The lowest BCUT2D eigenvalue weighted by Gasteiger charge is -2.15. The molecule has 1 aliphatic heterocycles.